The number of hydrogen-bond donors (Lipinski definition) is 2. The largest absolute Gasteiger partial charge is 0.512 e. The molecular formula is C20H30O2. The number of hydrogen-bond acceptors (Lipinski definition) is 2. The van der Waals surface area contributed by atoms with Crippen LogP contribution in [0.4, 0.5) is 0 Å². The molecule has 2 N–H and O–H groups in total. The molecule has 0 aromatic rings. The van der Waals surface area contributed by atoms with Gasteiger partial charge >= 0.3 is 0 Å². The maximum Gasteiger partial charge on any atom is 0.0944 e. The van der Waals surface area contributed by atoms with E-state index in [0.29, 0.717) is 17.6 Å². The third-order valence-electron chi connectivity index (χ3n) is 7.98. The maximum atomic E-state index is 10.4. The van der Waals surface area contributed by atoms with E-state index in [2.05, 4.69) is 32.9 Å². The van der Waals surface area contributed by atoms with Crippen LogP contribution in [0.15, 0.2) is 23.5 Å². The molecule has 0 spiro atoms. The Morgan fingerprint density at radius 3 is 2.59 bits per heavy atom. The maximum absolute atomic E-state index is 10.4. The molecule has 7 atom stereocenters. The van der Waals surface area contributed by atoms with Gasteiger partial charge in [0.25, 0.3) is 0 Å². The number of aliphatic hydroxyl groups excluding tert-OH is 2. The zero-order valence-electron chi connectivity index (χ0n) is 14.2. The van der Waals surface area contributed by atoms with Crippen molar-refractivity contribution in [3.05, 3.63) is 23.5 Å². The number of allylic oxidation sites excluding steroid dienone is 3. The molecule has 0 aromatic heterocycles. The summed E-state index contributed by atoms with van der Waals surface area (Å²) in [6.07, 6.45) is 10.7. The van der Waals surface area contributed by atoms with Crippen molar-refractivity contribution in [2.45, 2.75) is 65.4 Å². The zero-order chi connectivity index (χ0) is 15.7. The third-order valence-corrected chi connectivity index (χ3v) is 7.98. The summed E-state index contributed by atoms with van der Waals surface area (Å²) in [5.74, 6) is 3.39. The molecule has 2 nitrogen and oxygen atoms in total. The van der Waals surface area contributed by atoms with Crippen LogP contribution in [0.2, 0.25) is 0 Å². The smallest absolute Gasteiger partial charge is 0.0944 e. The predicted octanol–water partition coefficient (Wildman–Crippen LogP) is 4.61. The summed E-state index contributed by atoms with van der Waals surface area (Å²) < 4.78 is 0. The Morgan fingerprint density at radius 1 is 1.09 bits per heavy atom. The average molecular weight is 302 g/mol. The Hall–Kier alpha value is -0.760. The average Bonchev–Trinajstić information content (AvgIpc) is 2.77. The van der Waals surface area contributed by atoms with E-state index in [1.165, 1.54) is 12.0 Å². The van der Waals surface area contributed by atoms with Gasteiger partial charge in [0, 0.05) is 5.41 Å². The van der Waals surface area contributed by atoms with E-state index in [1.54, 1.807) is 0 Å². The molecule has 0 bridgehead atoms. The first-order chi connectivity index (χ1) is 10.4. The lowest BCUT2D eigenvalue weighted by Crippen LogP contribution is -2.53. The molecule has 2 fully saturated rings. The number of aliphatic hydroxyl groups is 2. The molecule has 0 radical (unpaired) electrons. The van der Waals surface area contributed by atoms with Gasteiger partial charge in [-0.2, -0.15) is 0 Å². The number of fused-ring (bicyclic) bond motifs is 5. The monoisotopic (exact) mass is 302 g/mol. The standard InChI is InChI=1S/C20H30O2/c1-12-10-13-11-14(21)6-8-19(13,2)16-7-9-20(3)15(18(12)16)4-5-17(20)22/h5,11-12,14-16,18,21-22H,4,6-10H2,1-3H3/t12-,14-,15-,16-,18-,19-,20-/m0/s1. The predicted molar refractivity (Wildman–Crippen MR) is 88.4 cm³/mol. The molecule has 4 aliphatic rings. The first-order valence-electron chi connectivity index (χ1n) is 9.15. The van der Waals surface area contributed by atoms with Crippen molar-refractivity contribution in [3.8, 4) is 0 Å². The van der Waals surface area contributed by atoms with E-state index in [4.69, 9.17) is 0 Å². The second kappa shape index (κ2) is 4.63. The Balaban J connectivity index is 1.73. The first-order valence-corrected chi connectivity index (χ1v) is 9.15. The van der Waals surface area contributed by atoms with Crippen molar-refractivity contribution in [1.82, 2.24) is 0 Å². The molecule has 122 valence electrons. The van der Waals surface area contributed by atoms with Gasteiger partial charge in [0.1, 0.15) is 0 Å². The highest BCUT2D eigenvalue weighted by Crippen LogP contribution is 2.66. The van der Waals surface area contributed by atoms with Crippen molar-refractivity contribution in [3.63, 3.8) is 0 Å². The Morgan fingerprint density at radius 2 is 1.82 bits per heavy atom. The fourth-order valence-electron chi connectivity index (χ4n) is 6.60. The molecule has 0 amide bonds. The fraction of sp³-hybridized carbons (Fsp3) is 0.800. The molecule has 4 rings (SSSR count). The summed E-state index contributed by atoms with van der Waals surface area (Å²) in [5.41, 5.74) is 1.84. The Bertz CT molecular complexity index is 548. The highest BCUT2D eigenvalue weighted by Gasteiger charge is 2.59. The van der Waals surface area contributed by atoms with Crippen molar-refractivity contribution < 1.29 is 10.2 Å². The molecule has 0 heterocycles. The van der Waals surface area contributed by atoms with Gasteiger partial charge in [0.15, 0.2) is 0 Å². The van der Waals surface area contributed by atoms with Crippen LogP contribution in [0.5, 0.6) is 0 Å². The summed E-state index contributed by atoms with van der Waals surface area (Å²) in [5, 5.41) is 20.5. The lowest BCUT2D eigenvalue weighted by Gasteiger charge is -2.59. The van der Waals surface area contributed by atoms with E-state index < -0.39 is 0 Å². The van der Waals surface area contributed by atoms with E-state index >= 15 is 0 Å². The molecule has 0 aliphatic heterocycles. The van der Waals surface area contributed by atoms with Crippen molar-refractivity contribution in [2.75, 3.05) is 0 Å². The van der Waals surface area contributed by atoms with Crippen LogP contribution in [0, 0.1) is 34.5 Å². The second-order valence-corrected chi connectivity index (χ2v) is 8.97. The van der Waals surface area contributed by atoms with Crippen molar-refractivity contribution in [2.24, 2.45) is 34.5 Å². The van der Waals surface area contributed by atoms with Crippen molar-refractivity contribution >= 4 is 0 Å². The van der Waals surface area contributed by atoms with Gasteiger partial charge < -0.3 is 10.2 Å². The highest BCUT2D eigenvalue weighted by atomic mass is 16.3. The molecule has 4 aliphatic carbocycles. The fourth-order valence-corrected chi connectivity index (χ4v) is 6.60. The summed E-state index contributed by atoms with van der Waals surface area (Å²) in [7, 11) is 0. The first kappa shape index (κ1) is 14.8. The zero-order valence-corrected chi connectivity index (χ0v) is 14.2. The lowest BCUT2D eigenvalue weighted by molar-refractivity contribution is -0.0684. The van der Waals surface area contributed by atoms with Crippen LogP contribution in [-0.4, -0.2) is 16.3 Å². The van der Waals surface area contributed by atoms with Gasteiger partial charge in [0.2, 0.25) is 0 Å². The Kier molecular flexibility index (Phi) is 3.11. The normalized spacial score (nSPS) is 53.9. The van der Waals surface area contributed by atoms with Gasteiger partial charge in [-0.25, -0.2) is 0 Å². The van der Waals surface area contributed by atoms with Crippen LogP contribution in [-0.2, 0) is 0 Å². The topological polar surface area (TPSA) is 40.5 Å². The molecule has 0 unspecified atom stereocenters. The van der Waals surface area contributed by atoms with Gasteiger partial charge in [-0.3, -0.25) is 0 Å². The van der Waals surface area contributed by atoms with E-state index in [0.717, 1.165) is 43.9 Å². The molecule has 0 saturated heterocycles. The lowest BCUT2D eigenvalue weighted by atomic mass is 9.45. The van der Waals surface area contributed by atoms with E-state index in [1.807, 2.05) is 0 Å². The molecular weight excluding hydrogens is 272 g/mol. The van der Waals surface area contributed by atoms with Crippen LogP contribution in [0.3, 0.4) is 0 Å². The summed E-state index contributed by atoms with van der Waals surface area (Å²) in [6, 6.07) is 0. The molecule has 0 aromatic carbocycles. The van der Waals surface area contributed by atoms with Gasteiger partial charge in [-0.15, -0.1) is 0 Å². The molecule has 2 heteroatoms. The van der Waals surface area contributed by atoms with E-state index in [9.17, 15) is 10.2 Å². The minimum absolute atomic E-state index is 0.0290. The summed E-state index contributed by atoms with van der Waals surface area (Å²) in [4.78, 5) is 0. The van der Waals surface area contributed by atoms with Crippen LogP contribution in [0.25, 0.3) is 0 Å². The van der Waals surface area contributed by atoms with Gasteiger partial charge in [-0.1, -0.05) is 32.4 Å². The second-order valence-electron chi connectivity index (χ2n) is 8.97. The Labute approximate surface area is 134 Å². The van der Waals surface area contributed by atoms with Crippen LogP contribution in [0.1, 0.15) is 59.3 Å². The number of rotatable bonds is 0. The quantitative estimate of drug-likeness (QED) is 0.642. The SMILES string of the molecule is C[C@H]1CC2=C[C@@H](O)CC[C@]2(C)[C@H]2CC[C@]3(C)C(O)=CC[C@H]3[C@H]12. The minimum Gasteiger partial charge on any atom is -0.512 e. The minimum atomic E-state index is -0.224. The molecule has 22 heavy (non-hydrogen) atoms. The van der Waals surface area contributed by atoms with Crippen LogP contribution >= 0.6 is 0 Å². The highest BCUT2D eigenvalue weighted by molar-refractivity contribution is 5.28. The van der Waals surface area contributed by atoms with Gasteiger partial charge in [0.05, 0.1) is 11.9 Å². The summed E-state index contributed by atoms with van der Waals surface area (Å²) in [6.45, 7) is 7.15. The summed E-state index contributed by atoms with van der Waals surface area (Å²) >= 11 is 0. The third kappa shape index (κ3) is 1.76. The van der Waals surface area contributed by atoms with Crippen LogP contribution < -0.4 is 0 Å². The van der Waals surface area contributed by atoms with Crippen molar-refractivity contribution in [1.29, 1.82) is 0 Å². The van der Waals surface area contributed by atoms with E-state index in [-0.39, 0.29) is 16.9 Å². The van der Waals surface area contributed by atoms with Gasteiger partial charge in [-0.05, 0) is 73.7 Å². The molecule has 2 saturated carbocycles.